The lowest BCUT2D eigenvalue weighted by molar-refractivity contribution is -0.148. The SMILES string of the molecule is CCOC(=O)CN(C)C(=O)[C@@H](N)CC(=O)NC[C@@H]1CCCN(C(=N)N)C1. The lowest BCUT2D eigenvalue weighted by Crippen LogP contribution is -2.48. The zero-order valence-corrected chi connectivity index (χ0v) is 15.5. The molecule has 1 saturated heterocycles. The van der Waals surface area contributed by atoms with Gasteiger partial charge >= 0.3 is 5.97 Å². The van der Waals surface area contributed by atoms with Crippen molar-refractivity contribution in [1.82, 2.24) is 15.1 Å². The molecule has 0 aliphatic carbocycles. The Labute approximate surface area is 153 Å². The number of nitrogens with two attached hydrogens (primary N) is 2. The van der Waals surface area contributed by atoms with E-state index >= 15 is 0 Å². The van der Waals surface area contributed by atoms with Crippen LogP contribution in [0, 0.1) is 11.3 Å². The van der Waals surface area contributed by atoms with Crippen LogP contribution >= 0.6 is 0 Å². The molecule has 10 heteroatoms. The Kier molecular flexibility index (Phi) is 8.83. The molecule has 0 spiro atoms. The molecule has 26 heavy (non-hydrogen) atoms. The molecule has 148 valence electrons. The van der Waals surface area contributed by atoms with Crippen molar-refractivity contribution in [2.24, 2.45) is 17.4 Å². The van der Waals surface area contributed by atoms with Crippen LogP contribution < -0.4 is 16.8 Å². The van der Waals surface area contributed by atoms with Gasteiger partial charge in [-0.1, -0.05) is 0 Å². The maximum Gasteiger partial charge on any atom is 0.325 e. The number of rotatable bonds is 8. The van der Waals surface area contributed by atoms with Gasteiger partial charge in [-0.25, -0.2) is 0 Å². The zero-order chi connectivity index (χ0) is 19.7. The van der Waals surface area contributed by atoms with E-state index in [2.05, 4.69) is 5.32 Å². The van der Waals surface area contributed by atoms with Crippen LogP contribution in [0.25, 0.3) is 0 Å². The summed E-state index contributed by atoms with van der Waals surface area (Å²) < 4.78 is 4.77. The second-order valence-corrected chi connectivity index (χ2v) is 6.45. The highest BCUT2D eigenvalue weighted by molar-refractivity contribution is 5.89. The van der Waals surface area contributed by atoms with Crippen molar-refractivity contribution in [3.05, 3.63) is 0 Å². The van der Waals surface area contributed by atoms with E-state index in [9.17, 15) is 14.4 Å². The predicted molar refractivity (Wildman–Crippen MR) is 96.1 cm³/mol. The van der Waals surface area contributed by atoms with Gasteiger partial charge in [0.05, 0.1) is 19.1 Å². The maximum absolute atomic E-state index is 12.1. The third-order valence-electron chi connectivity index (χ3n) is 4.22. The highest BCUT2D eigenvalue weighted by Gasteiger charge is 2.24. The monoisotopic (exact) mass is 370 g/mol. The average molecular weight is 370 g/mol. The van der Waals surface area contributed by atoms with Crippen LogP contribution in [0.4, 0.5) is 0 Å². The molecule has 10 nitrogen and oxygen atoms in total. The van der Waals surface area contributed by atoms with E-state index in [1.807, 2.05) is 0 Å². The molecule has 0 radical (unpaired) electrons. The van der Waals surface area contributed by atoms with Crippen molar-refractivity contribution in [3.63, 3.8) is 0 Å². The molecule has 0 unspecified atom stereocenters. The Balaban J connectivity index is 2.36. The normalized spacial score (nSPS) is 18.0. The molecule has 0 bridgehead atoms. The maximum atomic E-state index is 12.1. The summed E-state index contributed by atoms with van der Waals surface area (Å²) in [5, 5.41) is 10.3. The summed E-state index contributed by atoms with van der Waals surface area (Å²) in [6.45, 7) is 3.54. The lowest BCUT2D eigenvalue weighted by Gasteiger charge is -2.33. The molecule has 0 aromatic carbocycles. The van der Waals surface area contributed by atoms with Gasteiger partial charge in [0.25, 0.3) is 0 Å². The summed E-state index contributed by atoms with van der Waals surface area (Å²) in [4.78, 5) is 38.5. The number of likely N-dealkylation sites (tertiary alicyclic amines) is 1. The minimum absolute atomic E-state index is 0.0401. The zero-order valence-electron chi connectivity index (χ0n) is 15.5. The summed E-state index contributed by atoms with van der Waals surface area (Å²) in [6.07, 6.45) is 1.70. The second-order valence-electron chi connectivity index (χ2n) is 6.45. The van der Waals surface area contributed by atoms with Crippen LogP contribution in [0.15, 0.2) is 0 Å². The van der Waals surface area contributed by atoms with Gasteiger partial charge in [0, 0.05) is 26.7 Å². The van der Waals surface area contributed by atoms with E-state index < -0.39 is 17.9 Å². The second kappa shape index (κ2) is 10.6. The molecule has 0 aromatic heterocycles. The van der Waals surface area contributed by atoms with Crippen molar-refractivity contribution in [3.8, 4) is 0 Å². The molecule has 1 aliphatic rings. The number of carbonyl (C=O) groups excluding carboxylic acids is 3. The molecular formula is C16H30N6O4. The highest BCUT2D eigenvalue weighted by atomic mass is 16.5. The molecule has 2 atom stereocenters. The molecule has 1 rings (SSSR count). The Bertz CT molecular complexity index is 527. The number of nitrogens with one attached hydrogen (secondary N) is 2. The Hall–Kier alpha value is -2.36. The van der Waals surface area contributed by atoms with Gasteiger partial charge in [0.1, 0.15) is 6.54 Å². The summed E-state index contributed by atoms with van der Waals surface area (Å²) in [5.41, 5.74) is 11.3. The molecule has 2 amide bonds. The van der Waals surface area contributed by atoms with Crippen LogP contribution in [0.5, 0.6) is 0 Å². The van der Waals surface area contributed by atoms with Crippen LogP contribution in [-0.4, -0.2) is 79.4 Å². The predicted octanol–water partition coefficient (Wildman–Crippen LogP) is -1.55. The first-order valence-corrected chi connectivity index (χ1v) is 8.76. The van der Waals surface area contributed by atoms with Crippen LogP contribution in [-0.2, 0) is 19.1 Å². The molecule has 1 fully saturated rings. The molecule has 1 aliphatic heterocycles. The fourth-order valence-corrected chi connectivity index (χ4v) is 2.83. The summed E-state index contributed by atoms with van der Waals surface area (Å²) in [6, 6.07) is -1.02. The molecular weight excluding hydrogens is 340 g/mol. The van der Waals surface area contributed by atoms with Gasteiger partial charge in [-0.15, -0.1) is 0 Å². The molecule has 6 N–H and O–H groups in total. The van der Waals surface area contributed by atoms with Crippen molar-refractivity contribution >= 4 is 23.7 Å². The molecule has 0 aromatic rings. The van der Waals surface area contributed by atoms with Crippen molar-refractivity contribution in [2.45, 2.75) is 32.2 Å². The van der Waals surface area contributed by atoms with E-state index in [0.717, 1.165) is 24.3 Å². The largest absolute Gasteiger partial charge is 0.465 e. The van der Waals surface area contributed by atoms with E-state index in [1.165, 1.54) is 7.05 Å². The minimum Gasteiger partial charge on any atom is -0.465 e. The Morgan fingerprint density at radius 3 is 2.73 bits per heavy atom. The first-order valence-electron chi connectivity index (χ1n) is 8.76. The summed E-state index contributed by atoms with van der Waals surface area (Å²) in [7, 11) is 1.44. The highest BCUT2D eigenvalue weighted by Crippen LogP contribution is 2.15. The number of esters is 1. The van der Waals surface area contributed by atoms with E-state index in [-0.39, 0.29) is 37.4 Å². The van der Waals surface area contributed by atoms with Crippen LogP contribution in [0.3, 0.4) is 0 Å². The number of nitrogens with zero attached hydrogens (tertiary/aromatic N) is 2. The molecule has 0 saturated carbocycles. The summed E-state index contributed by atoms with van der Waals surface area (Å²) in [5.74, 6) is -1.09. The Morgan fingerprint density at radius 1 is 1.42 bits per heavy atom. The minimum atomic E-state index is -1.02. The number of piperidine rings is 1. The van der Waals surface area contributed by atoms with Gasteiger partial charge in [-0.2, -0.15) is 0 Å². The van der Waals surface area contributed by atoms with E-state index in [4.69, 9.17) is 21.6 Å². The smallest absolute Gasteiger partial charge is 0.325 e. The summed E-state index contributed by atoms with van der Waals surface area (Å²) >= 11 is 0. The number of amides is 2. The lowest BCUT2D eigenvalue weighted by atomic mass is 9.98. The number of ether oxygens (including phenoxy) is 1. The van der Waals surface area contributed by atoms with E-state index in [1.54, 1.807) is 11.8 Å². The fraction of sp³-hybridized carbons (Fsp3) is 0.750. The van der Waals surface area contributed by atoms with Gasteiger partial charge in [-0.3, -0.25) is 19.8 Å². The fourth-order valence-electron chi connectivity index (χ4n) is 2.83. The molecule has 1 heterocycles. The van der Waals surface area contributed by atoms with Gasteiger partial charge in [0.15, 0.2) is 5.96 Å². The average Bonchev–Trinajstić information content (AvgIpc) is 2.59. The van der Waals surface area contributed by atoms with Gasteiger partial charge in [-0.05, 0) is 25.7 Å². The third kappa shape index (κ3) is 7.26. The van der Waals surface area contributed by atoms with Crippen molar-refractivity contribution < 1.29 is 19.1 Å². The number of hydrogen-bond acceptors (Lipinski definition) is 6. The van der Waals surface area contributed by atoms with E-state index in [0.29, 0.717) is 13.1 Å². The number of guanidine groups is 1. The first-order chi connectivity index (χ1) is 12.2. The number of carbonyl (C=O) groups is 3. The third-order valence-corrected chi connectivity index (χ3v) is 4.22. The van der Waals surface area contributed by atoms with Gasteiger partial charge in [0.2, 0.25) is 11.8 Å². The van der Waals surface area contributed by atoms with Crippen LogP contribution in [0.2, 0.25) is 0 Å². The van der Waals surface area contributed by atoms with Crippen molar-refractivity contribution in [2.75, 3.05) is 39.8 Å². The first kappa shape index (κ1) is 21.7. The standard InChI is InChI=1S/C16H30N6O4/c1-3-26-14(24)10-21(2)15(25)12(17)7-13(23)20-8-11-5-4-6-22(9-11)16(18)19/h11-12H,3-10,17H2,1-2H3,(H3,18,19)(H,20,23)/t11-,12-/m0/s1. The van der Waals surface area contributed by atoms with Crippen molar-refractivity contribution in [1.29, 1.82) is 5.41 Å². The van der Waals surface area contributed by atoms with Crippen LogP contribution in [0.1, 0.15) is 26.2 Å². The topological polar surface area (TPSA) is 155 Å². The number of hydrogen-bond donors (Lipinski definition) is 4. The van der Waals surface area contributed by atoms with Gasteiger partial charge < -0.3 is 31.3 Å². The Morgan fingerprint density at radius 2 is 2.12 bits per heavy atom. The number of likely N-dealkylation sites (N-methyl/N-ethyl adjacent to an activating group) is 1. The quantitative estimate of drug-likeness (QED) is 0.229.